The molecule has 1 N–H and O–H groups in total. The van der Waals surface area contributed by atoms with Gasteiger partial charge < -0.3 is 14.7 Å². The Morgan fingerprint density at radius 2 is 1.87 bits per heavy atom. The molecule has 1 unspecified atom stereocenters. The predicted octanol–water partition coefficient (Wildman–Crippen LogP) is 4.92. The van der Waals surface area contributed by atoms with Gasteiger partial charge in [-0.05, 0) is 43.2 Å². The fraction of sp³-hybridized carbons (Fsp3) is 0.321. The number of ether oxygens (including phenoxy) is 1. The number of aliphatic hydroxyl groups is 1. The number of para-hydroxylation sites is 2. The third-order valence-electron chi connectivity index (χ3n) is 7.30. The average molecular weight is 596 g/mol. The predicted molar refractivity (Wildman–Crippen MR) is 150 cm³/mol. The van der Waals surface area contributed by atoms with Crippen LogP contribution in [0.25, 0.3) is 16.0 Å². The highest BCUT2D eigenvalue weighted by Gasteiger charge is 2.44. The number of hydrogen-bond acceptors (Lipinski definition) is 7. The first kappa shape index (κ1) is 25.2. The number of aryl methyl sites for hydroxylation is 1. The molecule has 0 radical (unpaired) electrons. The highest BCUT2D eigenvalue weighted by molar-refractivity contribution is 9.10. The molecule has 1 fully saturated rings. The second-order valence-corrected chi connectivity index (χ2v) is 11.5. The summed E-state index contributed by atoms with van der Waals surface area (Å²) < 4.78 is 8.30. The van der Waals surface area contributed by atoms with Gasteiger partial charge in [0, 0.05) is 36.3 Å². The van der Waals surface area contributed by atoms with Crippen molar-refractivity contribution in [2.75, 3.05) is 39.4 Å². The molecule has 0 bridgehead atoms. The van der Waals surface area contributed by atoms with Crippen molar-refractivity contribution in [3.8, 4) is 0 Å². The number of fused-ring (bicyclic) bond motifs is 3. The number of benzene rings is 2. The third kappa shape index (κ3) is 4.35. The van der Waals surface area contributed by atoms with E-state index in [4.69, 9.17) is 4.74 Å². The maximum Gasteiger partial charge on any atom is 0.290 e. The first-order valence-electron chi connectivity index (χ1n) is 12.6. The Balaban J connectivity index is 1.35. The van der Waals surface area contributed by atoms with Crippen LogP contribution in [0.3, 0.4) is 0 Å². The number of amides is 1. The van der Waals surface area contributed by atoms with Gasteiger partial charge in [0.1, 0.15) is 0 Å². The fourth-order valence-electron chi connectivity index (χ4n) is 5.39. The molecule has 1 amide bonds. The number of rotatable bonds is 7. The van der Waals surface area contributed by atoms with Crippen LogP contribution in [0.15, 0.2) is 64.3 Å². The lowest BCUT2D eigenvalue weighted by atomic mass is 9.95. The van der Waals surface area contributed by atoms with Crippen LogP contribution in [0.1, 0.15) is 33.4 Å². The molecule has 2 aromatic carbocycles. The number of halogens is 1. The fourth-order valence-corrected chi connectivity index (χ4v) is 6.75. The number of aromatic nitrogens is 2. The van der Waals surface area contributed by atoms with Crippen LogP contribution in [-0.2, 0) is 9.53 Å². The van der Waals surface area contributed by atoms with Gasteiger partial charge >= 0.3 is 0 Å². The number of Topliss-reactive ketones (excluding diaryl/α,β-unsaturated/α-hetero) is 1. The molecule has 6 rings (SSSR count). The molecule has 0 aliphatic carbocycles. The van der Waals surface area contributed by atoms with Crippen LogP contribution in [0.2, 0.25) is 0 Å². The summed E-state index contributed by atoms with van der Waals surface area (Å²) >= 11 is 4.76. The average Bonchev–Trinajstić information content (AvgIpc) is 3.54. The van der Waals surface area contributed by atoms with E-state index in [1.165, 1.54) is 11.3 Å². The molecule has 1 saturated heterocycles. The Morgan fingerprint density at radius 3 is 2.63 bits per heavy atom. The van der Waals surface area contributed by atoms with E-state index in [2.05, 4.69) is 25.8 Å². The molecule has 38 heavy (non-hydrogen) atoms. The second-order valence-electron chi connectivity index (χ2n) is 9.59. The van der Waals surface area contributed by atoms with E-state index in [-0.39, 0.29) is 11.4 Å². The Bertz CT molecular complexity index is 1570. The molecule has 10 heteroatoms. The van der Waals surface area contributed by atoms with Crippen LogP contribution in [0.4, 0.5) is 0 Å². The number of hydrogen-bond donors (Lipinski definition) is 1. The first-order chi connectivity index (χ1) is 18.4. The monoisotopic (exact) mass is 594 g/mol. The number of aliphatic hydroxyl groups excluding tert-OH is 1. The summed E-state index contributed by atoms with van der Waals surface area (Å²) in [5, 5.41) is 11.1. The van der Waals surface area contributed by atoms with Gasteiger partial charge in [-0.2, -0.15) is 0 Å². The van der Waals surface area contributed by atoms with Crippen molar-refractivity contribution < 1.29 is 19.4 Å². The number of carbonyl (C=O) groups is 2. The summed E-state index contributed by atoms with van der Waals surface area (Å²) in [5.41, 5.74) is 3.44. The summed E-state index contributed by atoms with van der Waals surface area (Å²) in [5.74, 6) is -1.31. The molecule has 2 aliphatic heterocycles. The quantitative estimate of drug-likeness (QED) is 0.306. The van der Waals surface area contributed by atoms with Crippen LogP contribution in [-0.4, -0.2) is 75.4 Å². The van der Waals surface area contributed by atoms with Gasteiger partial charge in [0.25, 0.3) is 5.91 Å². The van der Waals surface area contributed by atoms with Crippen LogP contribution in [0.5, 0.6) is 0 Å². The number of imidazole rings is 1. The standard InChI is InChI=1S/C28H27BrN4O4S/c1-17-26(38-28-30-20-5-2-3-6-21(20)33(17)28)24(34)22-23(18-7-9-19(29)10-8-18)32(27(36)25(22)35)12-4-11-31-13-15-37-16-14-31/h2-3,5-10,23,35H,4,11-16H2,1H3. The molecular weight excluding hydrogens is 568 g/mol. The maximum atomic E-state index is 14.1. The minimum Gasteiger partial charge on any atom is -0.503 e. The van der Waals surface area contributed by atoms with Gasteiger partial charge in [-0.25, -0.2) is 4.98 Å². The van der Waals surface area contributed by atoms with E-state index in [9.17, 15) is 14.7 Å². The third-order valence-corrected chi connectivity index (χ3v) is 8.97. The van der Waals surface area contributed by atoms with Crippen molar-refractivity contribution in [2.24, 2.45) is 0 Å². The SMILES string of the molecule is Cc1c(C(=O)C2=C(O)C(=O)N(CCCN3CCOCC3)C2c2ccc(Br)cc2)sc2nc3ccccc3n12. The lowest BCUT2D eigenvalue weighted by molar-refractivity contribution is -0.129. The molecule has 2 aromatic heterocycles. The van der Waals surface area contributed by atoms with Crippen molar-refractivity contribution in [1.29, 1.82) is 0 Å². The van der Waals surface area contributed by atoms with Crippen LogP contribution < -0.4 is 0 Å². The molecule has 0 spiro atoms. The lowest BCUT2D eigenvalue weighted by Crippen LogP contribution is -2.39. The highest BCUT2D eigenvalue weighted by Crippen LogP contribution is 2.41. The summed E-state index contributed by atoms with van der Waals surface area (Å²) in [6.45, 7) is 6.28. The molecule has 196 valence electrons. The summed E-state index contributed by atoms with van der Waals surface area (Å²) in [6.07, 6.45) is 0.728. The van der Waals surface area contributed by atoms with Crippen LogP contribution >= 0.6 is 27.3 Å². The number of morpholine rings is 1. The smallest absolute Gasteiger partial charge is 0.290 e. The zero-order valence-electron chi connectivity index (χ0n) is 20.9. The summed E-state index contributed by atoms with van der Waals surface area (Å²) in [4.78, 5) is 37.3. The minimum atomic E-state index is -0.668. The van der Waals surface area contributed by atoms with E-state index in [0.717, 1.165) is 52.8 Å². The normalized spacial score (nSPS) is 18.8. The van der Waals surface area contributed by atoms with E-state index in [1.807, 2.05) is 59.9 Å². The summed E-state index contributed by atoms with van der Waals surface area (Å²) in [6, 6.07) is 14.7. The van der Waals surface area contributed by atoms with Crippen molar-refractivity contribution in [3.05, 3.63) is 80.5 Å². The highest BCUT2D eigenvalue weighted by atomic mass is 79.9. The van der Waals surface area contributed by atoms with Crippen molar-refractivity contribution in [2.45, 2.75) is 19.4 Å². The van der Waals surface area contributed by atoms with Gasteiger partial charge in [0.05, 0.1) is 40.7 Å². The van der Waals surface area contributed by atoms with E-state index in [1.54, 1.807) is 4.90 Å². The number of thiazole rings is 1. The van der Waals surface area contributed by atoms with Gasteiger partial charge in [-0.1, -0.05) is 51.5 Å². The van der Waals surface area contributed by atoms with Crippen molar-refractivity contribution in [3.63, 3.8) is 0 Å². The van der Waals surface area contributed by atoms with Gasteiger partial charge in [0.15, 0.2) is 10.7 Å². The minimum absolute atomic E-state index is 0.126. The molecule has 8 nitrogen and oxygen atoms in total. The van der Waals surface area contributed by atoms with Gasteiger partial charge in [-0.3, -0.25) is 18.9 Å². The van der Waals surface area contributed by atoms with Crippen molar-refractivity contribution >= 4 is 55.0 Å². The van der Waals surface area contributed by atoms with Crippen molar-refractivity contribution in [1.82, 2.24) is 19.2 Å². The maximum absolute atomic E-state index is 14.1. The van der Waals surface area contributed by atoms with Crippen LogP contribution in [0, 0.1) is 6.92 Å². The lowest BCUT2D eigenvalue weighted by Gasteiger charge is -2.30. The number of nitrogens with zero attached hydrogens (tertiary/aromatic N) is 4. The van der Waals surface area contributed by atoms with E-state index >= 15 is 0 Å². The number of ketones is 1. The Labute approximate surface area is 232 Å². The molecule has 1 atom stereocenters. The summed E-state index contributed by atoms with van der Waals surface area (Å²) in [7, 11) is 0. The molecule has 4 heterocycles. The molecule has 0 saturated carbocycles. The topological polar surface area (TPSA) is 87.4 Å². The van der Waals surface area contributed by atoms with Gasteiger partial charge in [0.2, 0.25) is 5.78 Å². The van der Waals surface area contributed by atoms with E-state index < -0.39 is 17.7 Å². The van der Waals surface area contributed by atoms with Gasteiger partial charge in [-0.15, -0.1) is 0 Å². The largest absolute Gasteiger partial charge is 0.503 e. The first-order valence-corrected chi connectivity index (χ1v) is 14.3. The number of carbonyl (C=O) groups excluding carboxylic acids is 2. The zero-order valence-corrected chi connectivity index (χ0v) is 23.3. The Morgan fingerprint density at radius 1 is 1.13 bits per heavy atom. The Hall–Kier alpha value is -3.05. The van der Waals surface area contributed by atoms with E-state index in [0.29, 0.717) is 29.6 Å². The molecule has 2 aliphatic rings. The molecule has 4 aromatic rings. The molecular formula is C28H27BrN4O4S. The zero-order chi connectivity index (χ0) is 26.4. The Kier molecular flexibility index (Phi) is 6.81. The second kappa shape index (κ2) is 10.3.